The number of amides is 1. The number of pyridine rings is 2. The van der Waals surface area contributed by atoms with E-state index in [9.17, 15) is 22.8 Å². The summed E-state index contributed by atoms with van der Waals surface area (Å²) in [5.41, 5.74) is 1.62. The molecule has 29 heavy (non-hydrogen) atoms. The highest BCUT2D eigenvalue weighted by Crippen LogP contribution is 2.13. The van der Waals surface area contributed by atoms with E-state index in [4.69, 9.17) is 0 Å². The van der Waals surface area contributed by atoms with Gasteiger partial charge in [-0.15, -0.1) is 5.10 Å². The zero-order valence-corrected chi connectivity index (χ0v) is 15.5. The largest absolute Gasteiger partial charge is 0.355 e. The molecule has 11 heteroatoms. The molecule has 1 N–H and O–H groups in total. The quantitative estimate of drug-likeness (QED) is 0.696. The summed E-state index contributed by atoms with van der Waals surface area (Å²) in [6, 6.07) is 6.62. The summed E-state index contributed by atoms with van der Waals surface area (Å²) in [4.78, 5) is 29.0. The van der Waals surface area contributed by atoms with E-state index in [-0.39, 0.29) is 23.7 Å². The van der Waals surface area contributed by atoms with Gasteiger partial charge >= 0.3 is 0 Å². The average molecular weight is 406 g/mol. The second-order valence-corrected chi connectivity index (χ2v) is 5.66. The van der Waals surface area contributed by atoms with Crippen LogP contribution in [0.3, 0.4) is 0 Å². The molecule has 0 aliphatic carbocycles. The lowest BCUT2D eigenvalue weighted by atomic mass is 10.2. The van der Waals surface area contributed by atoms with Crippen LogP contribution in [-0.4, -0.2) is 50.1 Å². The van der Waals surface area contributed by atoms with Gasteiger partial charge < -0.3 is 5.32 Å². The van der Waals surface area contributed by atoms with Crippen LogP contribution in [0.1, 0.15) is 23.0 Å². The topological polar surface area (TPSA) is 103 Å². The van der Waals surface area contributed by atoms with Crippen molar-refractivity contribution in [1.29, 1.82) is 0 Å². The summed E-state index contributed by atoms with van der Waals surface area (Å²) in [6.45, 7) is 0.963. The predicted molar refractivity (Wildman–Crippen MR) is 96.6 cm³/mol. The molecule has 1 amide bonds. The number of nitrogens with zero attached hydrogens (tertiary/aromatic N) is 5. The van der Waals surface area contributed by atoms with E-state index >= 15 is 0 Å². The molecule has 0 unspecified atom stereocenters. The Morgan fingerprint density at radius 1 is 1.21 bits per heavy atom. The van der Waals surface area contributed by atoms with Crippen LogP contribution in [0.2, 0.25) is 0 Å². The number of carbonyl (C=O) groups is 2. The van der Waals surface area contributed by atoms with Gasteiger partial charge in [-0.1, -0.05) is 11.3 Å². The first-order chi connectivity index (χ1) is 13.8. The van der Waals surface area contributed by atoms with Crippen LogP contribution < -0.4 is 5.32 Å². The van der Waals surface area contributed by atoms with Crippen molar-refractivity contribution >= 4 is 11.7 Å². The van der Waals surface area contributed by atoms with Crippen molar-refractivity contribution < 1.29 is 22.8 Å². The lowest BCUT2D eigenvalue weighted by molar-refractivity contribution is -0.127. The van der Waals surface area contributed by atoms with Gasteiger partial charge in [-0.05, 0) is 18.2 Å². The summed E-state index contributed by atoms with van der Waals surface area (Å²) in [6.07, 6.45) is 1.86. The number of carbonyl (C=O) groups excluding carboxylic acids is 2. The van der Waals surface area contributed by atoms with Crippen molar-refractivity contribution in [3.63, 3.8) is 0 Å². The maximum atomic E-state index is 14.0. The molecule has 0 aliphatic heterocycles. The fourth-order valence-electron chi connectivity index (χ4n) is 2.01. The first-order valence-corrected chi connectivity index (χ1v) is 8.28. The number of aromatic nitrogens is 5. The molecule has 3 heterocycles. The van der Waals surface area contributed by atoms with Crippen molar-refractivity contribution in [2.75, 3.05) is 7.05 Å². The Balaban J connectivity index is 0.000000438. The monoisotopic (exact) mass is 406 g/mol. The van der Waals surface area contributed by atoms with Gasteiger partial charge in [-0.2, -0.15) is 0 Å². The first-order valence-electron chi connectivity index (χ1n) is 8.28. The maximum Gasteiger partial charge on any atom is 0.295 e. The minimum absolute atomic E-state index is 0.111. The van der Waals surface area contributed by atoms with E-state index in [2.05, 4.69) is 25.6 Å². The van der Waals surface area contributed by atoms with E-state index in [1.165, 1.54) is 17.9 Å². The van der Waals surface area contributed by atoms with E-state index in [1.54, 1.807) is 18.5 Å². The number of ketones is 1. The zero-order valence-electron chi connectivity index (χ0n) is 15.5. The van der Waals surface area contributed by atoms with E-state index in [1.807, 2.05) is 12.1 Å². The smallest absolute Gasteiger partial charge is 0.295 e. The van der Waals surface area contributed by atoms with Crippen molar-refractivity contribution in [1.82, 2.24) is 30.3 Å². The Morgan fingerprint density at radius 2 is 1.93 bits per heavy atom. The van der Waals surface area contributed by atoms with Crippen molar-refractivity contribution in [3.05, 3.63) is 59.9 Å². The summed E-state index contributed by atoms with van der Waals surface area (Å²) in [5.74, 6) is -2.03. The van der Waals surface area contributed by atoms with E-state index in [0.29, 0.717) is 11.4 Å². The Labute approximate surface area is 163 Å². The van der Waals surface area contributed by atoms with Crippen LogP contribution in [0, 0.1) is 5.82 Å². The molecule has 8 nitrogen and oxygen atoms in total. The van der Waals surface area contributed by atoms with Crippen molar-refractivity contribution in [2.24, 2.45) is 0 Å². The molecule has 0 fully saturated rings. The number of alkyl halides is 2. The molecule has 3 aromatic heterocycles. The molecule has 0 bridgehead atoms. The molecular weight excluding hydrogens is 389 g/mol. The fraction of sp³-hybridized carbons (Fsp3) is 0.222. The zero-order chi connectivity index (χ0) is 21.4. The van der Waals surface area contributed by atoms with Crippen LogP contribution in [-0.2, 0) is 11.3 Å². The van der Waals surface area contributed by atoms with Gasteiger partial charge in [0.15, 0.2) is 5.78 Å². The Hall–Kier alpha value is -3.63. The molecule has 152 valence electrons. The van der Waals surface area contributed by atoms with Gasteiger partial charge in [0.25, 0.3) is 12.3 Å². The fourth-order valence-corrected chi connectivity index (χ4v) is 2.01. The van der Waals surface area contributed by atoms with E-state index < -0.39 is 18.0 Å². The number of hydrogen-bond donors (Lipinski definition) is 1. The Bertz CT molecular complexity index is 979. The summed E-state index contributed by atoms with van der Waals surface area (Å²) < 4.78 is 37.1. The normalized spacial score (nSPS) is 10.3. The Kier molecular flexibility index (Phi) is 7.52. The number of Topliss-reactive ketones (excluding diaryl/α,β-unsaturated/α-hetero) is 1. The third kappa shape index (κ3) is 6.19. The number of hydrogen-bond acceptors (Lipinski definition) is 6. The molecule has 3 aromatic rings. The summed E-state index contributed by atoms with van der Waals surface area (Å²) >= 11 is 0. The summed E-state index contributed by atoms with van der Waals surface area (Å²) in [5, 5.41) is 10.4. The lowest BCUT2D eigenvalue weighted by Crippen LogP contribution is -2.18. The van der Waals surface area contributed by atoms with Crippen LogP contribution in [0.5, 0.6) is 0 Å². The molecule has 0 spiro atoms. The summed E-state index contributed by atoms with van der Waals surface area (Å²) in [7, 11) is 1.47. The van der Waals surface area contributed by atoms with Gasteiger partial charge in [-0.3, -0.25) is 19.6 Å². The highest BCUT2D eigenvalue weighted by atomic mass is 19.3. The Morgan fingerprint density at radius 3 is 2.48 bits per heavy atom. The molecule has 0 radical (unpaired) electrons. The van der Waals surface area contributed by atoms with Crippen LogP contribution >= 0.6 is 0 Å². The third-order valence-electron chi connectivity index (χ3n) is 3.49. The van der Waals surface area contributed by atoms with Crippen LogP contribution in [0.4, 0.5) is 13.2 Å². The van der Waals surface area contributed by atoms with Gasteiger partial charge in [0.1, 0.15) is 11.5 Å². The lowest BCUT2D eigenvalue weighted by Gasteiger charge is -2.04. The highest BCUT2D eigenvalue weighted by molar-refractivity contribution is 5.93. The molecule has 0 aromatic carbocycles. The number of rotatable bonds is 5. The highest BCUT2D eigenvalue weighted by Gasteiger charge is 2.12. The second-order valence-electron chi connectivity index (χ2n) is 5.66. The van der Waals surface area contributed by atoms with Gasteiger partial charge in [0.05, 0.1) is 29.7 Å². The van der Waals surface area contributed by atoms with Crippen molar-refractivity contribution in [2.45, 2.75) is 19.9 Å². The average Bonchev–Trinajstić information content (AvgIpc) is 3.18. The molecule has 0 atom stereocenters. The molecule has 0 aliphatic rings. The third-order valence-corrected chi connectivity index (χ3v) is 3.49. The minimum Gasteiger partial charge on any atom is -0.355 e. The van der Waals surface area contributed by atoms with Gasteiger partial charge in [-0.25, -0.2) is 17.9 Å². The molecular formula is C18H17F3N6O2. The van der Waals surface area contributed by atoms with Crippen LogP contribution in [0.15, 0.2) is 42.9 Å². The first kappa shape index (κ1) is 21.7. The van der Waals surface area contributed by atoms with Gasteiger partial charge in [0.2, 0.25) is 0 Å². The number of nitrogens with one attached hydrogen (secondary N) is 1. The van der Waals surface area contributed by atoms with Gasteiger partial charge in [0, 0.05) is 26.4 Å². The number of halogens is 3. The van der Waals surface area contributed by atoms with Crippen molar-refractivity contribution in [3.8, 4) is 11.4 Å². The second kappa shape index (κ2) is 10.1. The molecule has 0 saturated heterocycles. The SMILES string of the molecule is CC(=O)C(F)F.CNC(=O)c1cnc(Cn2cc(-c3ccccn3)nn2)c(F)c1. The van der Waals surface area contributed by atoms with E-state index in [0.717, 1.165) is 13.0 Å². The maximum absolute atomic E-state index is 14.0. The van der Waals surface area contributed by atoms with Crippen LogP contribution in [0.25, 0.3) is 11.4 Å². The molecule has 0 saturated carbocycles. The standard InChI is InChI=1S/C15H13FN6O.C3H4F2O/c1-17-15(23)10-6-11(16)13(19-7-10)8-22-9-14(20-21-22)12-4-2-3-5-18-12;1-2(6)3(4)5/h2-7,9H,8H2,1H3,(H,17,23);3H,1H3. The predicted octanol–water partition coefficient (Wildman–Crippen LogP) is 2.12. The molecule has 3 rings (SSSR count). The minimum atomic E-state index is -2.79.